The van der Waals surface area contributed by atoms with Gasteiger partial charge in [0, 0.05) is 37.8 Å². The number of hydrogen-bond acceptors (Lipinski definition) is 17. The van der Waals surface area contributed by atoms with Crippen molar-refractivity contribution in [3.05, 3.63) is 18.2 Å². The number of aromatic amines is 1. The third-order valence-corrected chi connectivity index (χ3v) is 11.0. The van der Waals surface area contributed by atoms with Crippen LogP contribution >= 0.6 is 0 Å². The van der Waals surface area contributed by atoms with Gasteiger partial charge in [-0.05, 0) is 51.9 Å². The molecule has 1 aliphatic rings. The predicted octanol–water partition coefficient (Wildman–Crippen LogP) is -8.53. The molecule has 21 N–H and O–H groups in total. The van der Waals surface area contributed by atoms with Crippen molar-refractivity contribution in [2.24, 2.45) is 33.8 Å². The van der Waals surface area contributed by atoms with Gasteiger partial charge < -0.3 is 95.6 Å². The highest BCUT2D eigenvalue weighted by molar-refractivity contribution is 5.98. The summed E-state index contributed by atoms with van der Waals surface area (Å²) in [6.45, 7) is 3.66. The molecule has 71 heavy (non-hydrogen) atoms. The lowest BCUT2D eigenvalue weighted by atomic mass is 10.0. The molecule has 398 valence electrons. The second kappa shape index (κ2) is 29.2. The Kier molecular flexibility index (Phi) is 24.7. The van der Waals surface area contributed by atoms with Crippen LogP contribution in [-0.4, -0.2) is 198 Å². The molecule has 11 atom stereocenters. The molecule has 1 aromatic rings. The zero-order valence-electron chi connectivity index (χ0n) is 39.8. The molecular formula is C41H69N15O15. The lowest BCUT2D eigenvalue weighted by Gasteiger charge is -2.32. The lowest BCUT2D eigenvalue weighted by Crippen LogP contribution is -2.63. The van der Waals surface area contributed by atoms with Crippen LogP contribution in [-0.2, 0) is 54.4 Å². The van der Waals surface area contributed by atoms with Gasteiger partial charge in [-0.15, -0.1) is 0 Å². The van der Waals surface area contributed by atoms with E-state index in [0.717, 1.165) is 13.8 Å². The molecule has 1 saturated heterocycles. The second-order valence-corrected chi connectivity index (χ2v) is 17.2. The fourth-order valence-electron chi connectivity index (χ4n) is 7.06. The number of primary amides is 1. The van der Waals surface area contributed by atoms with Crippen molar-refractivity contribution in [1.82, 2.24) is 52.1 Å². The monoisotopic (exact) mass is 1010 g/mol. The Balaban J connectivity index is 2.34. The minimum Gasteiger partial charge on any atom is -0.480 e. The Bertz CT molecular complexity index is 2030. The number of carboxylic acid groups (broad SMARTS) is 1. The van der Waals surface area contributed by atoms with E-state index in [1.165, 1.54) is 17.4 Å². The van der Waals surface area contributed by atoms with Gasteiger partial charge in [0.25, 0.3) is 0 Å². The van der Waals surface area contributed by atoms with Crippen LogP contribution in [0, 0.1) is 5.92 Å². The summed E-state index contributed by atoms with van der Waals surface area (Å²) < 4.78 is 0. The first kappa shape index (κ1) is 60.1. The number of rotatable bonds is 30. The fourth-order valence-corrected chi connectivity index (χ4v) is 7.06. The molecule has 1 aliphatic heterocycles. The normalized spacial score (nSPS) is 17.5. The van der Waals surface area contributed by atoms with Crippen molar-refractivity contribution < 1.29 is 73.5 Å². The van der Waals surface area contributed by atoms with Crippen molar-refractivity contribution in [2.45, 2.75) is 139 Å². The second-order valence-electron chi connectivity index (χ2n) is 17.2. The SMILES string of the molecule is CC(C)[C@H](NC(=O)[C@H](Cc1cnc[nH]1)NC(=O)[C@@H](NC(=O)[C@H](CO)NC(=O)[C@H](CCC(N)=O)NC(=O)[C@@H](N)CO)[C@@H](C)O)C(=O)N1CCC[C@H]1C(=O)N[C@@H](CCCN=C(N)N)C(=O)N[C@H](C(=O)O)[C@@H](C)O. The van der Waals surface area contributed by atoms with Gasteiger partial charge in [-0.2, -0.15) is 0 Å². The van der Waals surface area contributed by atoms with Crippen LogP contribution in [0.5, 0.6) is 0 Å². The van der Waals surface area contributed by atoms with E-state index >= 15 is 0 Å². The first-order valence-corrected chi connectivity index (χ1v) is 22.6. The van der Waals surface area contributed by atoms with Crippen molar-refractivity contribution >= 4 is 65.1 Å². The van der Waals surface area contributed by atoms with Gasteiger partial charge in [0.1, 0.15) is 48.3 Å². The molecular weight excluding hydrogens is 943 g/mol. The molecule has 30 heteroatoms. The Morgan fingerprint density at radius 2 is 1.28 bits per heavy atom. The van der Waals surface area contributed by atoms with E-state index in [1.54, 1.807) is 13.8 Å². The number of imidazole rings is 1. The van der Waals surface area contributed by atoms with Crippen molar-refractivity contribution in [3.63, 3.8) is 0 Å². The van der Waals surface area contributed by atoms with Gasteiger partial charge in [-0.25, -0.2) is 9.78 Å². The first-order valence-electron chi connectivity index (χ1n) is 22.6. The Morgan fingerprint density at radius 1 is 0.732 bits per heavy atom. The van der Waals surface area contributed by atoms with Gasteiger partial charge in [0.15, 0.2) is 12.0 Å². The molecule has 0 bridgehead atoms. The zero-order chi connectivity index (χ0) is 53.7. The standard InChI is InChI=1S/C41H69N15O15/c1-18(2)29(39(69)56-12-6-8-27(56)37(67)50-23(7-5-11-47-41(44)45)34(64)55-31(20(4)60)40(70)71)53-35(65)25(13-21-14-46-17-48-21)51-38(68)30(19(3)59)54-36(66)26(16-58)52-33(63)24(9-10-28(43)61)49-32(62)22(42)15-57/h14,17-20,22-27,29-31,57-60H,5-13,15-16,42H2,1-4H3,(H2,43,61)(H,46,48)(H,49,62)(H,50,67)(H,51,68)(H,52,63)(H,53,65)(H,54,66)(H,55,64)(H,70,71)(H4,44,45,47)/t19-,20-,22+,23+,24+,25+,26+,27+,29+,30+,31+/m1/s1. The Labute approximate surface area is 407 Å². The number of guanidine groups is 1. The third-order valence-electron chi connectivity index (χ3n) is 11.0. The summed E-state index contributed by atoms with van der Waals surface area (Å²) in [4.78, 5) is 143. The van der Waals surface area contributed by atoms with Crippen molar-refractivity contribution in [2.75, 3.05) is 26.3 Å². The smallest absolute Gasteiger partial charge is 0.328 e. The van der Waals surface area contributed by atoms with Crippen LogP contribution in [0.2, 0.25) is 0 Å². The number of aliphatic hydroxyl groups is 4. The van der Waals surface area contributed by atoms with Crippen LogP contribution in [0.15, 0.2) is 17.5 Å². The number of amides is 9. The maximum absolute atomic E-state index is 14.3. The molecule has 1 aromatic heterocycles. The van der Waals surface area contributed by atoms with E-state index < -0.39 is 151 Å². The number of aromatic nitrogens is 2. The molecule has 1 fully saturated rings. The largest absolute Gasteiger partial charge is 0.480 e. The van der Waals surface area contributed by atoms with Crippen LogP contribution < -0.4 is 60.2 Å². The quantitative estimate of drug-likeness (QED) is 0.0193. The van der Waals surface area contributed by atoms with Crippen molar-refractivity contribution in [3.8, 4) is 0 Å². The first-order chi connectivity index (χ1) is 33.3. The molecule has 2 rings (SSSR count). The molecule has 0 saturated carbocycles. The topological polar surface area (TPSA) is 504 Å². The summed E-state index contributed by atoms with van der Waals surface area (Å²) in [6.07, 6.45) is -1.14. The maximum Gasteiger partial charge on any atom is 0.328 e. The van der Waals surface area contributed by atoms with Gasteiger partial charge in [0.05, 0.1) is 31.7 Å². The number of aliphatic carboxylic acids is 1. The zero-order valence-corrected chi connectivity index (χ0v) is 39.8. The molecule has 0 aromatic carbocycles. The van der Waals surface area contributed by atoms with Crippen LogP contribution in [0.1, 0.15) is 71.9 Å². The van der Waals surface area contributed by atoms with Crippen LogP contribution in [0.4, 0.5) is 0 Å². The highest BCUT2D eigenvalue weighted by Gasteiger charge is 2.41. The molecule has 9 amide bonds. The summed E-state index contributed by atoms with van der Waals surface area (Å²) in [5, 5.41) is 65.8. The highest BCUT2D eigenvalue weighted by atomic mass is 16.4. The van der Waals surface area contributed by atoms with Gasteiger partial charge in [0.2, 0.25) is 53.2 Å². The number of aliphatic imine (C=N–C) groups is 1. The Hall–Kier alpha value is -7.02. The van der Waals surface area contributed by atoms with Gasteiger partial charge in [-0.1, -0.05) is 13.8 Å². The van der Waals surface area contributed by atoms with E-state index in [0.29, 0.717) is 12.1 Å². The molecule has 30 nitrogen and oxygen atoms in total. The van der Waals surface area contributed by atoms with E-state index in [9.17, 15) is 73.5 Å². The number of nitrogens with one attached hydrogen (secondary N) is 8. The summed E-state index contributed by atoms with van der Waals surface area (Å²) in [5.74, 6) is -11.1. The number of nitrogens with zero attached hydrogens (tertiary/aromatic N) is 3. The number of likely N-dealkylation sites (tertiary alicyclic amines) is 1. The minimum absolute atomic E-state index is 0.0416. The number of nitrogens with two attached hydrogens (primary N) is 4. The molecule has 2 heterocycles. The Morgan fingerprint density at radius 3 is 1.82 bits per heavy atom. The number of hydrogen-bond donors (Lipinski definition) is 17. The number of aliphatic hydroxyl groups excluding tert-OH is 4. The minimum atomic E-state index is -1.86. The van der Waals surface area contributed by atoms with Crippen molar-refractivity contribution in [1.29, 1.82) is 0 Å². The average molecular weight is 1010 g/mol. The third kappa shape index (κ3) is 19.4. The number of carbonyl (C=O) groups is 10. The van der Waals surface area contributed by atoms with Crippen LogP contribution in [0.25, 0.3) is 0 Å². The van der Waals surface area contributed by atoms with E-state index in [2.05, 4.69) is 52.2 Å². The van der Waals surface area contributed by atoms with E-state index in [1.807, 2.05) is 0 Å². The molecule has 0 aliphatic carbocycles. The van der Waals surface area contributed by atoms with Gasteiger partial charge in [-0.3, -0.25) is 48.1 Å². The van der Waals surface area contributed by atoms with Crippen LogP contribution in [0.3, 0.4) is 0 Å². The molecule has 0 spiro atoms. The molecule has 0 radical (unpaired) electrons. The van der Waals surface area contributed by atoms with Gasteiger partial charge >= 0.3 is 5.97 Å². The fraction of sp³-hybridized carbons (Fsp3) is 0.659. The number of carbonyl (C=O) groups excluding carboxylic acids is 9. The summed E-state index contributed by atoms with van der Waals surface area (Å²) in [5.41, 5.74) is 21.8. The maximum atomic E-state index is 14.3. The summed E-state index contributed by atoms with van der Waals surface area (Å²) in [6, 6.07) is -13.8. The predicted molar refractivity (Wildman–Crippen MR) is 247 cm³/mol. The average Bonchev–Trinajstić information content (AvgIpc) is 4.02. The number of carboxylic acids is 1. The molecule has 0 unspecified atom stereocenters. The highest BCUT2D eigenvalue weighted by Crippen LogP contribution is 2.21. The van der Waals surface area contributed by atoms with E-state index in [4.69, 9.17) is 22.9 Å². The summed E-state index contributed by atoms with van der Waals surface area (Å²) in [7, 11) is 0. The number of H-pyrrole nitrogens is 1. The lowest BCUT2D eigenvalue weighted by molar-refractivity contribution is -0.146. The summed E-state index contributed by atoms with van der Waals surface area (Å²) >= 11 is 0. The van der Waals surface area contributed by atoms with E-state index in [-0.39, 0.29) is 51.2 Å².